The largest absolute Gasteiger partial charge is 0.461 e. The molecule has 1 N–H and O–H groups in total. The Balaban J connectivity index is 1.41. The Labute approximate surface area is 144 Å². The van der Waals surface area contributed by atoms with Gasteiger partial charge in [0, 0.05) is 18.6 Å². The van der Waals surface area contributed by atoms with Crippen LogP contribution in [0.3, 0.4) is 0 Å². The molecule has 25 heavy (non-hydrogen) atoms. The number of rotatable bonds is 6. The van der Waals surface area contributed by atoms with Crippen LogP contribution in [0.5, 0.6) is 0 Å². The van der Waals surface area contributed by atoms with Crippen LogP contribution >= 0.6 is 0 Å². The first kappa shape index (κ1) is 16.0. The Hall–Kier alpha value is -2.51. The van der Waals surface area contributed by atoms with Crippen LogP contribution < -0.4 is 5.32 Å². The maximum Gasteiger partial charge on any atom is 0.241 e. The first-order chi connectivity index (χ1) is 12.3. The van der Waals surface area contributed by atoms with Crippen LogP contribution in [-0.2, 0) is 16.7 Å². The lowest BCUT2D eigenvalue weighted by atomic mass is 9.80. The lowest BCUT2D eigenvalue weighted by Gasteiger charge is -2.28. The van der Waals surface area contributed by atoms with Gasteiger partial charge in [0.2, 0.25) is 11.7 Å². The third-order valence-corrected chi connectivity index (χ3v) is 4.51. The van der Waals surface area contributed by atoms with E-state index in [0.29, 0.717) is 43.8 Å². The van der Waals surface area contributed by atoms with Crippen molar-refractivity contribution in [1.82, 2.24) is 15.5 Å². The highest BCUT2D eigenvalue weighted by Gasteiger charge is 2.36. The number of nitrogens with zero attached hydrogens (tertiary/aromatic N) is 2. The molecule has 0 unspecified atom stereocenters. The summed E-state index contributed by atoms with van der Waals surface area (Å²) in [6, 6.07) is 10.2. The smallest absolute Gasteiger partial charge is 0.241 e. The second-order valence-corrected chi connectivity index (χ2v) is 6.18. The summed E-state index contributed by atoms with van der Waals surface area (Å²) >= 11 is 0. The average Bonchev–Trinajstić information content (AvgIpc) is 3.37. The minimum atomic E-state index is -0.234. The molecule has 2 aromatic heterocycles. The van der Waals surface area contributed by atoms with E-state index in [1.54, 1.807) is 18.4 Å². The highest BCUT2D eigenvalue weighted by atomic mass is 19.1. The topological polar surface area (TPSA) is 73.3 Å². The van der Waals surface area contributed by atoms with Crippen LogP contribution in [0, 0.1) is 5.82 Å². The van der Waals surface area contributed by atoms with Gasteiger partial charge in [-0.05, 0) is 36.2 Å². The van der Waals surface area contributed by atoms with E-state index in [-0.39, 0.29) is 11.2 Å². The summed E-state index contributed by atoms with van der Waals surface area (Å²) in [7, 11) is 0. The second kappa shape index (κ2) is 6.78. The van der Waals surface area contributed by atoms with Crippen LogP contribution in [0.15, 0.2) is 51.6 Å². The second-order valence-electron chi connectivity index (χ2n) is 6.18. The van der Waals surface area contributed by atoms with E-state index >= 15 is 0 Å². The maximum absolute atomic E-state index is 13.2. The SMILES string of the molecule is Fc1ccc([C@]2(CNCc3nc(-c4ccco4)no3)CCOC2)cc1. The fraction of sp³-hybridized carbons (Fsp3) is 0.333. The lowest BCUT2D eigenvalue weighted by Crippen LogP contribution is -2.38. The Morgan fingerprint density at radius 3 is 2.80 bits per heavy atom. The molecule has 6 nitrogen and oxygen atoms in total. The zero-order chi connectivity index (χ0) is 17.1. The number of halogens is 1. The number of aromatic nitrogens is 2. The molecular formula is C18H18FN3O3. The molecule has 4 rings (SSSR count). The molecule has 130 valence electrons. The minimum absolute atomic E-state index is 0.169. The molecule has 0 bridgehead atoms. The number of benzene rings is 1. The van der Waals surface area contributed by atoms with E-state index in [0.717, 1.165) is 12.0 Å². The van der Waals surface area contributed by atoms with Crippen LogP contribution in [0.4, 0.5) is 4.39 Å². The summed E-state index contributed by atoms with van der Waals surface area (Å²) in [4.78, 5) is 4.31. The summed E-state index contributed by atoms with van der Waals surface area (Å²) in [5, 5.41) is 7.26. The highest BCUT2D eigenvalue weighted by Crippen LogP contribution is 2.32. The van der Waals surface area contributed by atoms with Gasteiger partial charge in [-0.3, -0.25) is 0 Å². The fourth-order valence-electron chi connectivity index (χ4n) is 3.12. The van der Waals surface area contributed by atoms with Gasteiger partial charge in [-0.25, -0.2) is 4.39 Å². The highest BCUT2D eigenvalue weighted by molar-refractivity contribution is 5.44. The van der Waals surface area contributed by atoms with Crippen molar-refractivity contribution in [3.8, 4) is 11.6 Å². The van der Waals surface area contributed by atoms with Gasteiger partial charge in [-0.15, -0.1) is 0 Å². The van der Waals surface area contributed by atoms with Crippen molar-refractivity contribution in [3.05, 3.63) is 59.9 Å². The molecular weight excluding hydrogens is 325 g/mol. The number of nitrogens with one attached hydrogen (secondary N) is 1. The van der Waals surface area contributed by atoms with E-state index in [4.69, 9.17) is 13.7 Å². The van der Waals surface area contributed by atoms with Gasteiger partial charge in [-0.1, -0.05) is 17.3 Å². The first-order valence-corrected chi connectivity index (χ1v) is 8.16. The summed E-state index contributed by atoms with van der Waals surface area (Å²) < 4.78 is 29.3. The summed E-state index contributed by atoms with van der Waals surface area (Å²) in [5.41, 5.74) is 0.901. The standard InChI is InChI=1S/C18H18FN3O3/c19-14-5-3-13(4-6-14)18(7-9-23-12-18)11-20-10-16-21-17(22-25-16)15-2-1-8-24-15/h1-6,8,20H,7,9-12H2/t18-/m0/s1. The molecule has 7 heteroatoms. The molecule has 3 heterocycles. The van der Waals surface area contributed by atoms with Crippen molar-refractivity contribution in [2.24, 2.45) is 0 Å². The molecule has 1 aliphatic rings. The zero-order valence-corrected chi connectivity index (χ0v) is 13.6. The van der Waals surface area contributed by atoms with Gasteiger partial charge in [0.25, 0.3) is 0 Å². The van der Waals surface area contributed by atoms with Crippen molar-refractivity contribution < 1.29 is 18.1 Å². The summed E-state index contributed by atoms with van der Waals surface area (Å²) in [6.07, 6.45) is 2.45. The maximum atomic E-state index is 13.2. The molecule has 1 fully saturated rings. The van der Waals surface area contributed by atoms with E-state index in [1.807, 2.05) is 12.1 Å². The van der Waals surface area contributed by atoms with Gasteiger partial charge < -0.3 is 19.0 Å². The van der Waals surface area contributed by atoms with Crippen molar-refractivity contribution in [2.75, 3.05) is 19.8 Å². The molecule has 0 spiro atoms. The van der Waals surface area contributed by atoms with E-state index < -0.39 is 0 Å². The molecule has 0 saturated carbocycles. The fourth-order valence-corrected chi connectivity index (χ4v) is 3.12. The van der Waals surface area contributed by atoms with Crippen molar-refractivity contribution in [2.45, 2.75) is 18.4 Å². The van der Waals surface area contributed by atoms with E-state index in [2.05, 4.69) is 15.5 Å². The third-order valence-electron chi connectivity index (χ3n) is 4.51. The Bertz CT molecular complexity index is 808. The molecule has 0 amide bonds. The summed E-state index contributed by atoms with van der Waals surface area (Å²) in [6.45, 7) is 2.42. The Morgan fingerprint density at radius 1 is 1.20 bits per heavy atom. The van der Waals surface area contributed by atoms with E-state index in [9.17, 15) is 4.39 Å². The minimum Gasteiger partial charge on any atom is -0.461 e. The van der Waals surface area contributed by atoms with Crippen LogP contribution in [0.2, 0.25) is 0 Å². The third kappa shape index (κ3) is 3.33. The Morgan fingerprint density at radius 2 is 2.08 bits per heavy atom. The molecule has 0 aliphatic carbocycles. The molecule has 3 aromatic rings. The monoisotopic (exact) mass is 343 g/mol. The molecule has 1 aliphatic heterocycles. The number of hydrogen-bond donors (Lipinski definition) is 1. The number of furan rings is 1. The van der Waals surface area contributed by atoms with E-state index in [1.165, 1.54) is 12.1 Å². The van der Waals surface area contributed by atoms with Gasteiger partial charge in [0.05, 0.1) is 19.4 Å². The normalized spacial score (nSPS) is 20.2. The molecule has 1 atom stereocenters. The quantitative estimate of drug-likeness (QED) is 0.742. The predicted octanol–water partition coefficient (Wildman–Crippen LogP) is 2.92. The van der Waals surface area contributed by atoms with Crippen molar-refractivity contribution >= 4 is 0 Å². The molecule has 1 aromatic carbocycles. The summed E-state index contributed by atoms with van der Waals surface area (Å²) in [5.74, 6) is 1.25. The van der Waals surface area contributed by atoms with Crippen LogP contribution in [0.25, 0.3) is 11.6 Å². The van der Waals surface area contributed by atoms with Crippen molar-refractivity contribution in [3.63, 3.8) is 0 Å². The zero-order valence-electron chi connectivity index (χ0n) is 13.6. The number of ether oxygens (including phenoxy) is 1. The van der Waals surface area contributed by atoms with Crippen LogP contribution in [-0.4, -0.2) is 29.9 Å². The van der Waals surface area contributed by atoms with Crippen LogP contribution in [0.1, 0.15) is 17.9 Å². The van der Waals surface area contributed by atoms with Gasteiger partial charge >= 0.3 is 0 Å². The first-order valence-electron chi connectivity index (χ1n) is 8.16. The van der Waals surface area contributed by atoms with Gasteiger partial charge in [0.1, 0.15) is 5.82 Å². The predicted molar refractivity (Wildman–Crippen MR) is 87.2 cm³/mol. The average molecular weight is 343 g/mol. The van der Waals surface area contributed by atoms with Gasteiger partial charge in [-0.2, -0.15) is 4.98 Å². The lowest BCUT2D eigenvalue weighted by molar-refractivity contribution is 0.175. The molecule has 0 radical (unpaired) electrons. The molecule has 1 saturated heterocycles. The van der Waals surface area contributed by atoms with Crippen molar-refractivity contribution in [1.29, 1.82) is 0 Å². The van der Waals surface area contributed by atoms with Gasteiger partial charge in [0.15, 0.2) is 5.76 Å². The number of hydrogen-bond acceptors (Lipinski definition) is 6. The Kier molecular flexibility index (Phi) is 4.33.